The van der Waals surface area contributed by atoms with Crippen LogP contribution in [0.4, 0.5) is 4.39 Å². The van der Waals surface area contributed by atoms with Gasteiger partial charge in [0.1, 0.15) is 10.7 Å². The van der Waals surface area contributed by atoms with E-state index in [2.05, 4.69) is 5.32 Å². The van der Waals surface area contributed by atoms with Crippen molar-refractivity contribution in [2.75, 3.05) is 13.2 Å². The molecule has 0 aliphatic carbocycles. The molecule has 2 aromatic rings. The van der Waals surface area contributed by atoms with Crippen LogP contribution in [0, 0.1) is 5.82 Å². The first-order valence-electron chi connectivity index (χ1n) is 6.84. The summed E-state index contributed by atoms with van der Waals surface area (Å²) in [5.41, 5.74) is 0.470. The van der Waals surface area contributed by atoms with E-state index in [1.165, 1.54) is 24.3 Å². The van der Waals surface area contributed by atoms with Crippen LogP contribution in [0.15, 0.2) is 36.4 Å². The Kier molecular flexibility index (Phi) is 5.66. The lowest BCUT2D eigenvalue weighted by atomic mass is 10.2. The number of thiophene rings is 1. The van der Waals surface area contributed by atoms with E-state index in [0.29, 0.717) is 28.3 Å². The molecule has 1 aromatic carbocycles. The third-order valence-electron chi connectivity index (χ3n) is 2.87. The molecule has 0 bridgehead atoms. The molecule has 1 N–H and O–H groups in total. The number of halogens is 1. The van der Waals surface area contributed by atoms with E-state index in [9.17, 15) is 14.0 Å². The van der Waals surface area contributed by atoms with Crippen LogP contribution in [0.2, 0.25) is 0 Å². The highest BCUT2D eigenvalue weighted by molar-refractivity contribution is 7.17. The molecule has 22 heavy (non-hydrogen) atoms. The van der Waals surface area contributed by atoms with Gasteiger partial charge < -0.3 is 10.1 Å². The van der Waals surface area contributed by atoms with Crippen molar-refractivity contribution in [1.29, 1.82) is 0 Å². The van der Waals surface area contributed by atoms with Crippen molar-refractivity contribution >= 4 is 23.2 Å². The minimum absolute atomic E-state index is 0.112. The quantitative estimate of drug-likeness (QED) is 0.656. The standard InChI is InChI=1S/C16H16FNO3S/c1-11(19)18-9-4-10-21-16(20)15-8-7-14(22-15)12-5-2-3-6-13(12)17/h2-3,5-8H,4,9-10H2,1H3,(H,18,19). The molecule has 0 radical (unpaired) electrons. The highest BCUT2D eigenvalue weighted by atomic mass is 32.1. The minimum Gasteiger partial charge on any atom is -0.461 e. The first-order chi connectivity index (χ1) is 10.6. The number of carbonyl (C=O) groups excluding carboxylic acids is 2. The van der Waals surface area contributed by atoms with Gasteiger partial charge in [-0.3, -0.25) is 4.79 Å². The fourth-order valence-electron chi connectivity index (χ4n) is 1.83. The monoisotopic (exact) mass is 321 g/mol. The molecule has 1 heterocycles. The Morgan fingerprint density at radius 1 is 1.23 bits per heavy atom. The zero-order chi connectivity index (χ0) is 15.9. The molecule has 0 atom stereocenters. The van der Waals surface area contributed by atoms with Gasteiger partial charge in [0, 0.05) is 23.9 Å². The van der Waals surface area contributed by atoms with Crippen LogP contribution >= 0.6 is 11.3 Å². The molecular formula is C16H16FNO3S. The Balaban J connectivity index is 1.90. The van der Waals surface area contributed by atoms with Crippen molar-refractivity contribution in [3.63, 3.8) is 0 Å². The summed E-state index contributed by atoms with van der Waals surface area (Å²) in [7, 11) is 0. The molecule has 0 spiro atoms. The maximum atomic E-state index is 13.7. The summed E-state index contributed by atoms with van der Waals surface area (Å²) >= 11 is 1.19. The number of carbonyl (C=O) groups is 2. The molecule has 116 valence electrons. The van der Waals surface area contributed by atoms with Crippen LogP contribution in [0.3, 0.4) is 0 Å². The Morgan fingerprint density at radius 3 is 2.73 bits per heavy atom. The third kappa shape index (κ3) is 4.39. The molecule has 6 heteroatoms. The number of ether oxygens (including phenoxy) is 1. The molecular weight excluding hydrogens is 305 g/mol. The summed E-state index contributed by atoms with van der Waals surface area (Å²) in [5, 5.41) is 2.62. The number of rotatable bonds is 6. The van der Waals surface area contributed by atoms with Crippen LogP contribution < -0.4 is 5.32 Å². The smallest absolute Gasteiger partial charge is 0.348 e. The van der Waals surface area contributed by atoms with Crippen molar-refractivity contribution in [3.8, 4) is 10.4 Å². The Morgan fingerprint density at radius 2 is 2.00 bits per heavy atom. The van der Waals surface area contributed by atoms with Gasteiger partial charge >= 0.3 is 5.97 Å². The molecule has 1 amide bonds. The maximum Gasteiger partial charge on any atom is 0.348 e. The first kappa shape index (κ1) is 16.2. The number of benzene rings is 1. The highest BCUT2D eigenvalue weighted by Crippen LogP contribution is 2.30. The highest BCUT2D eigenvalue weighted by Gasteiger charge is 2.13. The van der Waals surface area contributed by atoms with Crippen molar-refractivity contribution in [2.45, 2.75) is 13.3 Å². The van der Waals surface area contributed by atoms with Gasteiger partial charge in [-0.25, -0.2) is 9.18 Å². The van der Waals surface area contributed by atoms with Gasteiger partial charge in [-0.05, 0) is 24.6 Å². The van der Waals surface area contributed by atoms with E-state index in [1.807, 2.05) is 0 Å². The lowest BCUT2D eigenvalue weighted by Crippen LogP contribution is -2.22. The summed E-state index contributed by atoms with van der Waals surface area (Å²) in [4.78, 5) is 23.7. The Hall–Kier alpha value is -2.21. The molecule has 0 saturated carbocycles. The molecule has 0 saturated heterocycles. The van der Waals surface area contributed by atoms with E-state index >= 15 is 0 Å². The molecule has 4 nitrogen and oxygen atoms in total. The third-order valence-corrected chi connectivity index (χ3v) is 3.97. The second-order valence-corrected chi connectivity index (χ2v) is 5.70. The fraction of sp³-hybridized carbons (Fsp3) is 0.250. The van der Waals surface area contributed by atoms with E-state index in [-0.39, 0.29) is 18.3 Å². The average Bonchev–Trinajstić information content (AvgIpc) is 2.96. The molecule has 1 aromatic heterocycles. The lowest BCUT2D eigenvalue weighted by molar-refractivity contribution is -0.118. The van der Waals surface area contributed by atoms with Gasteiger partial charge in [0.2, 0.25) is 5.91 Å². The van der Waals surface area contributed by atoms with E-state index in [4.69, 9.17) is 4.74 Å². The minimum atomic E-state index is -0.435. The van der Waals surface area contributed by atoms with E-state index in [0.717, 1.165) is 0 Å². The number of nitrogens with one attached hydrogen (secondary N) is 1. The first-order valence-corrected chi connectivity index (χ1v) is 7.66. The summed E-state index contributed by atoms with van der Waals surface area (Å²) in [6, 6.07) is 9.76. The van der Waals surface area contributed by atoms with Crippen molar-refractivity contribution < 1.29 is 18.7 Å². The van der Waals surface area contributed by atoms with Gasteiger partial charge in [-0.1, -0.05) is 18.2 Å². The van der Waals surface area contributed by atoms with Crippen molar-refractivity contribution in [3.05, 3.63) is 47.1 Å². The molecule has 0 aliphatic rings. The van der Waals surface area contributed by atoms with Crippen LogP contribution in [0.5, 0.6) is 0 Å². The lowest BCUT2D eigenvalue weighted by Gasteiger charge is -2.03. The van der Waals surface area contributed by atoms with Crippen LogP contribution in [0.1, 0.15) is 23.0 Å². The normalized spacial score (nSPS) is 10.3. The fourth-order valence-corrected chi connectivity index (χ4v) is 2.75. The molecule has 2 rings (SSSR count). The summed E-state index contributed by atoms with van der Waals surface area (Å²) in [6.07, 6.45) is 0.552. The second-order valence-electron chi connectivity index (χ2n) is 4.62. The zero-order valence-electron chi connectivity index (χ0n) is 12.1. The van der Waals surface area contributed by atoms with Gasteiger partial charge in [-0.2, -0.15) is 0 Å². The molecule has 0 fully saturated rings. The summed E-state index contributed by atoms with van der Waals surface area (Å²) in [5.74, 6) is -0.867. The average molecular weight is 321 g/mol. The largest absolute Gasteiger partial charge is 0.461 e. The van der Waals surface area contributed by atoms with Crippen LogP contribution in [0.25, 0.3) is 10.4 Å². The van der Waals surface area contributed by atoms with Crippen LogP contribution in [-0.4, -0.2) is 25.0 Å². The van der Waals surface area contributed by atoms with Gasteiger partial charge in [0.15, 0.2) is 0 Å². The van der Waals surface area contributed by atoms with Crippen molar-refractivity contribution in [2.24, 2.45) is 0 Å². The summed E-state index contributed by atoms with van der Waals surface area (Å²) in [6.45, 7) is 2.13. The number of hydrogen-bond acceptors (Lipinski definition) is 4. The van der Waals surface area contributed by atoms with Crippen molar-refractivity contribution in [1.82, 2.24) is 5.32 Å². The van der Waals surface area contributed by atoms with E-state index < -0.39 is 5.97 Å². The topological polar surface area (TPSA) is 55.4 Å². The summed E-state index contributed by atoms with van der Waals surface area (Å²) < 4.78 is 18.8. The Labute approximate surface area is 131 Å². The van der Waals surface area contributed by atoms with Crippen LogP contribution in [-0.2, 0) is 9.53 Å². The predicted octanol–water partition coefficient (Wildman–Crippen LogP) is 3.24. The maximum absolute atomic E-state index is 13.7. The number of amides is 1. The van der Waals surface area contributed by atoms with Gasteiger partial charge in [0.05, 0.1) is 6.61 Å². The van der Waals surface area contributed by atoms with Gasteiger partial charge in [-0.15, -0.1) is 11.3 Å². The number of hydrogen-bond donors (Lipinski definition) is 1. The Bertz CT molecular complexity index is 669. The SMILES string of the molecule is CC(=O)NCCCOC(=O)c1ccc(-c2ccccc2F)s1. The second kappa shape index (κ2) is 7.70. The zero-order valence-corrected chi connectivity index (χ0v) is 12.9. The van der Waals surface area contributed by atoms with Gasteiger partial charge in [0.25, 0.3) is 0 Å². The molecule has 0 unspecified atom stereocenters. The predicted molar refractivity (Wildman–Crippen MR) is 83.3 cm³/mol. The molecule has 0 aliphatic heterocycles. The number of esters is 1. The van der Waals surface area contributed by atoms with E-state index in [1.54, 1.807) is 30.3 Å².